The van der Waals surface area contributed by atoms with E-state index < -0.39 is 0 Å². The van der Waals surface area contributed by atoms with Crippen molar-refractivity contribution in [3.8, 4) is 0 Å². The Morgan fingerprint density at radius 2 is 2.19 bits per heavy atom. The molecule has 0 saturated carbocycles. The van der Waals surface area contributed by atoms with E-state index in [0.29, 0.717) is 39.1 Å². The summed E-state index contributed by atoms with van der Waals surface area (Å²) in [6.45, 7) is 3.72. The molecule has 0 radical (unpaired) electrons. The minimum absolute atomic E-state index is 0.0580. The van der Waals surface area contributed by atoms with Crippen LogP contribution in [0.1, 0.15) is 26.2 Å². The van der Waals surface area contributed by atoms with Crippen molar-refractivity contribution in [2.24, 2.45) is 5.92 Å². The molecule has 1 aliphatic rings. The second kappa shape index (κ2) is 9.33. The SMILES string of the molecule is CCOC(=O)CCNC(=O)[C@@H]1CCC(=O)N(CCOC)C1. The molecule has 0 unspecified atom stereocenters. The molecule has 1 heterocycles. The molecule has 0 spiro atoms. The number of carbonyl (C=O) groups excluding carboxylic acids is 3. The van der Waals surface area contributed by atoms with Gasteiger partial charge >= 0.3 is 5.97 Å². The number of nitrogens with one attached hydrogen (secondary N) is 1. The number of rotatable bonds is 8. The molecule has 0 aromatic heterocycles. The van der Waals surface area contributed by atoms with Gasteiger partial charge in [0.2, 0.25) is 11.8 Å². The Balaban J connectivity index is 2.33. The van der Waals surface area contributed by atoms with Crippen molar-refractivity contribution >= 4 is 17.8 Å². The van der Waals surface area contributed by atoms with Crippen LogP contribution in [0.25, 0.3) is 0 Å². The molecule has 2 amide bonds. The zero-order valence-corrected chi connectivity index (χ0v) is 12.7. The van der Waals surface area contributed by atoms with Gasteiger partial charge in [-0.05, 0) is 13.3 Å². The van der Waals surface area contributed by atoms with Crippen molar-refractivity contribution in [2.75, 3.05) is 40.0 Å². The minimum Gasteiger partial charge on any atom is -0.466 e. The molecule has 7 heteroatoms. The summed E-state index contributed by atoms with van der Waals surface area (Å²) in [5.41, 5.74) is 0. The molecule has 0 aromatic carbocycles. The summed E-state index contributed by atoms with van der Waals surface area (Å²) >= 11 is 0. The molecule has 1 N–H and O–H groups in total. The van der Waals surface area contributed by atoms with Crippen molar-refractivity contribution in [3.05, 3.63) is 0 Å². The van der Waals surface area contributed by atoms with Gasteiger partial charge < -0.3 is 19.7 Å². The molecule has 1 saturated heterocycles. The number of hydrogen-bond donors (Lipinski definition) is 1. The Morgan fingerprint density at radius 1 is 1.43 bits per heavy atom. The first-order chi connectivity index (χ1) is 10.1. The number of amides is 2. The van der Waals surface area contributed by atoms with E-state index in [1.165, 1.54) is 0 Å². The number of nitrogens with zero attached hydrogens (tertiary/aromatic N) is 1. The van der Waals surface area contributed by atoms with Gasteiger partial charge in [-0.2, -0.15) is 0 Å². The average molecular weight is 300 g/mol. The number of hydrogen-bond acceptors (Lipinski definition) is 5. The van der Waals surface area contributed by atoms with E-state index in [4.69, 9.17) is 9.47 Å². The highest BCUT2D eigenvalue weighted by atomic mass is 16.5. The first-order valence-electron chi connectivity index (χ1n) is 7.28. The summed E-state index contributed by atoms with van der Waals surface area (Å²) in [5, 5.41) is 2.72. The summed E-state index contributed by atoms with van der Waals surface area (Å²) in [6, 6.07) is 0. The smallest absolute Gasteiger partial charge is 0.307 e. The van der Waals surface area contributed by atoms with Gasteiger partial charge in [-0.3, -0.25) is 14.4 Å². The maximum atomic E-state index is 12.0. The van der Waals surface area contributed by atoms with Crippen LogP contribution >= 0.6 is 0 Å². The van der Waals surface area contributed by atoms with E-state index in [1.807, 2.05) is 0 Å². The lowest BCUT2D eigenvalue weighted by Gasteiger charge is -2.31. The van der Waals surface area contributed by atoms with Gasteiger partial charge in [-0.25, -0.2) is 0 Å². The van der Waals surface area contributed by atoms with Crippen LogP contribution in [0.3, 0.4) is 0 Å². The highest BCUT2D eigenvalue weighted by Gasteiger charge is 2.29. The second-order valence-electron chi connectivity index (χ2n) is 4.91. The predicted octanol–water partition coefficient (Wildman–Crippen LogP) is -0.0592. The van der Waals surface area contributed by atoms with Crippen LogP contribution < -0.4 is 5.32 Å². The van der Waals surface area contributed by atoms with Gasteiger partial charge in [0.1, 0.15) is 0 Å². The van der Waals surface area contributed by atoms with Crippen molar-refractivity contribution in [2.45, 2.75) is 26.2 Å². The average Bonchev–Trinajstić information content (AvgIpc) is 2.46. The third-order valence-electron chi connectivity index (χ3n) is 3.37. The van der Waals surface area contributed by atoms with Crippen LogP contribution in [0.2, 0.25) is 0 Å². The van der Waals surface area contributed by atoms with E-state index >= 15 is 0 Å². The Kier molecular flexibility index (Phi) is 7.74. The first kappa shape index (κ1) is 17.4. The number of esters is 1. The molecule has 1 atom stereocenters. The second-order valence-corrected chi connectivity index (χ2v) is 4.91. The van der Waals surface area contributed by atoms with Crippen LogP contribution in [0.5, 0.6) is 0 Å². The van der Waals surface area contributed by atoms with Crippen LogP contribution in [0, 0.1) is 5.92 Å². The third-order valence-corrected chi connectivity index (χ3v) is 3.37. The van der Waals surface area contributed by atoms with Crippen molar-refractivity contribution in [3.63, 3.8) is 0 Å². The molecule has 120 valence electrons. The Bertz CT molecular complexity index is 372. The first-order valence-corrected chi connectivity index (χ1v) is 7.28. The fraction of sp³-hybridized carbons (Fsp3) is 0.786. The Morgan fingerprint density at radius 3 is 2.86 bits per heavy atom. The van der Waals surface area contributed by atoms with Crippen LogP contribution in [0.15, 0.2) is 0 Å². The highest BCUT2D eigenvalue weighted by Crippen LogP contribution is 2.17. The monoisotopic (exact) mass is 300 g/mol. The predicted molar refractivity (Wildman–Crippen MR) is 75.4 cm³/mol. The van der Waals surface area contributed by atoms with Crippen molar-refractivity contribution < 1.29 is 23.9 Å². The zero-order chi connectivity index (χ0) is 15.7. The molecule has 0 aliphatic carbocycles. The summed E-state index contributed by atoms with van der Waals surface area (Å²) in [6.07, 6.45) is 1.09. The maximum Gasteiger partial charge on any atom is 0.307 e. The summed E-state index contributed by atoms with van der Waals surface area (Å²) in [7, 11) is 1.58. The zero-order valence-electron chi connectivity index (χ0n) is 12.7. The number of ether oxygens (including phenoxy) is 2. The molecule has 1 fully saturated rings. The lowest BCUT2D eigenvalue weighted by atomic mass is 9.96. The van der Waals surface area contributed by atoms with Gasteiger partial charge in [0.05, 0.1) is 25.6 Å². The van der Waals surface area contributed by atoms with Gasteiger partial charge in [0.25, 0.3) is 0 Å². The molecular weight excluding hydrogens is 276 g/mol. The third kappa shape index (κ3) is 6.12. The van der Waals surface area contributed by atoms with Crippen LogP contribution in [0.4, 0.5) is 0 Å². The lowest BCUT2D eigenvalue weighted by Crippen LogP contribution is -2.47. The largest absolute Gasteiger partial charge is 0.466 e. The van der Waals surface area contributed by atoms with E-state index in [1.54, 1.807) is 18.9 Å². The standard InChI is InChI=1S/C14H24N2O5/c1-3-21-13(18)6-7-15-14(19)11-4-5-12(17)16(10-11)8-9-20-2/h11H,3-10H2,1-2H3,(H,15,19)/t11-/m1/s1. The van der Waals surface area contributed by atoms with E-state index in [-0.39, 0.29) is 36.7 Å². The van der Waals surface area contributed by atoms with E-state index in [2.05, 4.69) is 5.32 Å². The fourth-order valence-corrected chi connectivity index (χ4v) is 2.21. The molecule has 0 bridgehead atoms. The summed E-state index contributed by atoms with van der Waals surface area (Å²) < 4.78 is 9.74. The topological polar surface area (TPSA) is 84.9 Å². The summed E-state index contributed by atoms with van der Waals surface area (Å²) in [5.74, 6) is -0.600. The van der Waals surface area contributed by atoms with Crippen LogP contribution in [-0.4, -0.2) is 62.6 Å². The molecule has 21 heavy (non-hydrogen) atoms. The maximum absolute atomic E-state index is 12.0. The van der Waals surface area contributed by atoms with Crippen molar-refractivity contribution in [1.29, 1.82) is 0 Å². The fourth-order valence-electron chi connectivity index (χ4n) is 2.21. The van der Waals surface area contributed by atoms with Gasteiger partial charge in [0, 0.05) is 33.2 Å². The van der Waals surface area contributed by atoms with E-state index in [9.17, 15) is 14.4 Å². The molecule has 1 rings (SSSR count). The Hall–Kier alpha value is -1.63. The molecule has 1 aliphatic heterocycles. The van der Waals surface area contributed by atoms with Gasteiger partial charge in [0.15, 0.2) is 0 Å². The Labute approximate surface area is 124 Å². The van der Waals surface area contributed by atoms with Gasteiger partial charge in [-0.1, -0.05) is 0 Å². The highest BCUT2D eigenvalue weighted by molar-refractivity contribution is 5.84. The van der Waals surface area contributed by atoms with Crippen molar-refractivity contribution in [1.82, 2.24) is 10.2 Å². The minimum atomic E-state index is -0.321. The van der Waals surface area contributed by atoms with Crippen LogP contribution in [-0.2, 0) is 23.9 Å². The summed E-state index contributed by atoms with van der Waals surface area (Å²) in [4.78, 5) is 36.6. The number of piperidine rings is 1. The number of carbonyl (C=O) groups is 3. The lowest BCUT2D eigenvalue weighted by molar-refractivity contribution is -0.143. The van der Waals surface area contributed by atoms with Gasteiger partial charge in [-0.15, -0.1) is 0 Å². The molecular formula is C14H24N2O5. The number of likely N-dealkylation sites (tertiary alicyclic amines) is 1. The normalized spacial score (nSPS) is 18.5. The quantitative estimate of drug-likeness (QED) is 0.635. The molecule has 7 nitrogen and oxygen atoms in total. The van der Waals surface area contributed by atoms with E-state index in [0.717, 1.165) is 0 Å². The number of methoxy groups -OCH3 is 1. The molecule has 0 aromatic rings.